The SMILES string of the molecule is C=C1NC2=C(C(=O)CCC2)C(c2ccc(-c3ccccc3)cc2)C1C(=O)OC. The van der Waals surface area contributed by atoms with Crippen LogP contribution in [0.3, 0.4) is 0 Å². The van der Waals surface area contributed by atoms with Crippen molar-refractivity contribution in [3.05, 3.63) is 83.7 Å². The summed E-state index contributed by atoms with van der Waals surface area (Å²) in [6, 6.07) is 18.2. The summed E-state index contributed by atoms with van der Waals surface area (Å²) in [6.07, 6.45) is 2.13. The van der Waals surface area contributed by atoms with Crippen molar-refractivity contribution in [3.63, 3.8) is 0 Å². The Hall–Kier alpha value is -3.14. The molecule has 1 heterocycles. The molecule has 142 valence electrons. The molecule has 4 heteroatoms. The molecule has 4 rings (SSSR count). The molecule has 2 unspecified atom stereocenters. The zero-order chi connectivity index (χ0) is 19.7. The van der Waals surface area contributed by atoms with Crippen molar-refractivity contribution in [3.8, 4) is 11.1 Å². The fourth-order valence-electron chi connectivity index (χ4n) is 4.27. The Kier molecular flexibility index (Phi) is 4.86. The summed E-state index contributed by atoms with van der Waals surface area (Å²) in [5, 5.41) is 3.21. The van der Waals surface area contributed by atoms with Gasteiger partial charge in [-0.1, -0.05) is 61.2 Å². The summed E-state index contributed by atoms with van der Waals surface area (Å²) in [6.45, 7) is 4.06. The van der Waals surface area contributed by atoms with E-state index < -0.39 is 5.92 Å². The molecule has 1 aliphatic heterocycles. The lowest BCUT2D eigenvalue weighted by Crippen LogP contribution is -2.40. The summed E-state index contributed by atoms with van der Waals surface area (Å²) in [7, 11) is 1.37. The number of benzene rings is 2. The maximum absolute atomic E-state index is 12.8. The van der Waals surface area contributed by atoms with Gasteiger partial charge in [-0.25, -0.2) is 0 Å². The molecule has 4 nitrogen and oxygen atoms in total. The number of carbonyl (C=O) groups is 2. The molecule has 0 saturated carbocycles. The van der Waals surface area contributed by atoms with E-state index in [1.807, 2.05) is 42.5 Å². The van der Waals surface area contributed by atoms with Gasteiger partial charge in [0.1, 0.15) is 5.92 Å². The van der Waals surface area contributed by atoms with Crippen molar-refractivity contribution in [2.24, 2.45) is 5.92 Å². The second-order valence-electron chi connectivity index (χ2n) is 7.29. The van der Waals surface area contributed by atoms with Crippen molar-refractivity contribution in [2.75, 3.05) is 7.11 Å². The minimum Gasteiger partial charge on any atom is -0.468 e. The normalized spacial score (nSPS) is 21.8. The number of ketones is 1. The van der Waals surface area contributed by atoms with Crippen LogP contribution in [0.1, 0.15) is 30.7 Å². The average Bonchev–Trinajstić information content (AvgIpc) is 2.73. The number of Topliss-reactive ketones (excluding diaryl/α,β-unsaturated/α-hetero) is 1. The third-order valence-corrected chi connectivity index (χ3v) is 5.62. The van der Waals surface area contributed by atoms with E-state index in [1.54, 1.807) is 0 Å². The Labute approximate surface area is 164 Å². The first-order chi connectivity index (χ1) is 13.6. The molecule has 0 fully saturated rings. The molecule has 0 radical (unpaired) electrons. The van der Waals surface area contributed by atoms with E-state index in [2.05, 4.69) is 24.0 Å². The topological polar surface area (TPSA) is 55.4 Å². The van der Waals surface area contributed by atoms with E-state index in [4.69, 9.17) is 4.74 Å². The molecular weight excluding hydrogens is 350 g/mol. The fourth-order valence-corrected chi connectivity index (χ4v) is 4.27. The number of carbonyl (C=O) groups excluding carboxylic acids is 2. The van der Waals surface area contributed by atoms with E-state index in [1.165, 1.54) is 7.11 Å². The Morgan fingerprint density at radius 2 is 1.71 bits per heavy atom. The number of esters is 1. The molecule has 2 aromatic rings. The van der Waals surface area contributed by atoms with Crippen molar-refractivity contribution in [1.82, 2.24) is 5.32 Å². The first-order valence-electron chi connectivity index (χ1n) is 9.55. The van der Waals surface area contributed by atoms with Crippen LogP contribution in [-0.4, -0.2) is 18.9 Å². The lowest BCUT2D eigenvalue weighted by atomic mass is 9.71. The minimum absolute atomic E-state index is 0.104. The van der Waals surface area contributed by atoms with Crippen LogP contribution in [0, 0.1) is 5.92 Å². The van der Waals surface area contributed by atoms with E-state index in [-0.39, 0.29) is 17.7 Å². The Morgan fingerprint density at radius 1 is 1.04 bits per heavy atom. The zero-order valence-electron chi connectivity index (χ0n) is 15.9. The van der Waals surface area contributed by atoms with Gasteiger partial charge in [-0.3, -0.25) is 9.59 Å². The number of rotatable bonds is 3. The highest BCUT2D eigenvalue weighted by atomic mass is 16.5. The lowest BCUT2D eigenvalue weighted by molar-refractivity contribution is -0.144. The molecule has 0 aromatic heterocycles. The van der Waals surface area contributed by atoms with Crippen LogP contribution in [0.5, 0.6) is 0 Å². The maximum Gasteiger partial charge on any atom is 0.315 e. The standard InChI is InChI=1S/C24H23NO3/c1-15-21(24(27)28-2)22(23-19(25-15)9-6-10-20(23)26)18-13-11-17(12-14-18)16-7-4-3-5-8-16/h3-5,7-8,11-14,21-22,25H,1,6,9-10H2,2H3. The van der Waals surface area contributed by atoms with Gasteiger partial charge in [0, 0.05) is 29.3 Å². The molecule has 0 saturated heterocycles. The van der Waals surface area contributed by atoms with Crippen molar-refractivity contribution >= 4 is 11.8 Å². The summed E-state index contributed by atoms with van der Waals surface area (Å²) in [5.74, 6) is -1.26. The van der Waals surface area contributed by atoms with E-state index in [9.17, 15) is 9.59 Å². The van der Waals surface area contributed by atoms with Crippen LogP contribution < -0.4 is 5.32 Å². The third-order valence-electron chi connectivity index (χ3n) is 5.62. The second-order valence-corrected chi connectivity index (χ2v) is 7.29. The van der Waals surface area contributed by atoms with Gasteiger partial charge in [0.15, 0.2) is 5.78 Å². The summed E-state index contributed by atoms with van der Waals surface area (Å²) in [4.78, 5) is 25.4. The number of methoxy groups -OCH3 is 1. The van der Waals surface area contributed by atoms with Gasteiger partial charge in [0.25, 0.3) is 0 Å². The van der Waals surface area contributed by atoms with Crippen LogP contribution >= 0.6 is 0 Å². The number of hydrogen-bond acceptors (Lipinski definition) is 4. The highest BCUT2D eigenvalue weighted by Gasteiger charge is 2.43. The van der Waals surface area contributed by atoms with Crippen molar-refractivity contribution in [1.29, 1.82) is 0 Å². The quantitative estimate of drug-likeness (QED) is 0.813. The highest BCUT2D eigenvalue weighted by molar-refractivity contribution is 6.00. The first kappa shape index (κ1) is 18.2. The fraction of sp³-hybridized carbons (Fsp3) is 0.250. The second kappa shape index (κ2) is 7.47. The third kappa shape index (κ3) is 3.15. The maximum atomic E-state index is 12.8. The predicted molar refractivity (Wildman–Crippen MR) is 108 cm³/mol. The molecule has 1 aliphatic carbocycles. The van der Waals surface area contributed by atoms with Gasteiger partial charge in [-0.05, 0) is 29.5 Å². The number of ether oxygens (including phenoxy) is 1. The molecule has 2 aliphatic rings. The Bertz CT molecular complexity index is 957. The van der Waals surface area contributed by atoms with Gasteiger partial charge < -0.3 is 10.1 Å². The zero-order valence-corrected chi connectivity index (χ0v) is 15.9. The first-order valence-corrected chi connectivity index (χ1v) is 9.55. The van der Waals surface area contributed by atoms with Crippen molar-refractivity contribution in [2.45, 2.75) is 25.2 Å². The van der Waals surface area contributed by atoms with Crippen LogP contribution in [0.4, 0.5) is 0 Å². The summed E-state index contributed by atoms with van der Waals surface area (Å²) < 4.78 is 5.05. The summed E-state index contributed by atoms with van der Waals surface area (Å²) in [5.41, 5.74) is 5.36. The van der Waals surface area contributed by atoms with Crippen LogP contribution in [0.15, 0.2) is 78.1 Å². The van der Waals surface area contributed by atoms with Crippen molar-refractivity contribution < 1.29 is 14.3 Å². The summed E-state index contributed by atoms with van der Waals surface area (Å²) >= 11 is 0. The molecular formula is C24H23NO3. The van der Waals surface area contributed by atoms with E-state index >= 15 is 0 Å². The number of nitrogens with one attached hydrogen (secondary N) is 1. The molecule has 0 spiro atoms. The predicted octanol–water partition coefficient (Wildman–Crippen LogP) is 4.35. The molecule has 2 atom stereocenters. The Morgan fingerprint density at radius 3 is 2.39 bits per heavy atom. The number of hydrogen-bond donors (Lipinski definition) is 1. The molecule has 28 heavy (non-hydrogen) atoms. The largest absolute Gasteiger partial charge is 0.468 e. The van der Waals surface area contributed by atoms with Crippen LogP contribution in [-0.2, 0) is 14.3 Å². The van der Waals surface area contributed by atoms with Crippen LogP contribution in [0.2, 0.25) is 0 Å². The Balaban J connectivity index is 1.79. The minimum atomic E-state index is -0.617. The lowest BCUT2D eigenvalue weighted by Gasteiger charge is -2.38. The van der Waals surface area contributed by atoms with Gasteiger partial charge in [-0.15, -0.1) is 0 Å². The average molecular weight is 373 g/mol. The highest BCUT2D eigenvalue weighted by Crippen LogP contribution is 2.44. The molecule has 0 bridgehead atoms. The van der Waals surface area contributed by atoms with Gasteiger partial charge >= 0.3 is 5.97 Å². The van der Waals surface area contributed by atoms with Gasteiger partial charge in [-0.2, -0.15) is 0 Å². The van der Waals surface area contributed by atoms with Crippen LogP contribution in [0.25, 0.3) is 11.1 Å². The van der Waals surface area contributed by atoms with E-state index in [0.29, 0.717) is 17.7 Å². The van der Waals surface area contributed by atoms with Gasteiger partial charge in [0.2, 0.25) is 0 Å². The molecule has 2 aromatic carbocycles. The monoisotopic (exact) mass is 373 g/mol. The van der Waals surface area contributed by atoms with Gasteiger partial charge in [0.05, 0.1) is 7.11 Å². The number of allylic oxidation sites excluding steroid dienone is 2. The molecule has 1 N–H and O–H groups in total. The molecule has 0 amide bonds. The van der Waals surface area contributed by atoms with E-state index in [0.717, 1.165) is 35.2 Å². The smallest absolute Gasteiger partial charge is 0.315 e.